The minimum atomic E-state index is 1.02. The Morgan fingerprint density at radius 1 is 1.64 bits per heavy atom. The topological polar surface area (TPSA) is 24.9 Å². The molecule has 2 heterocycles. The number of hydrogen-bond acceptors (Lipinski definition) is 4. The second-order valence-corrected chi connectivity index (χ2v) is 4.37. The van der Waals surface area contributed by atoms with E-state index in [9.17, 15) is 0 Å². The quantitative estimate of drug-likeness (QED) is 0.673. The van der Waals surface area contributed by atoms with Gasteiger partial charge in [0.2, 0.25) is 0 Å². The monoisotopic (exact) mass is 186 g/mol. The molecule has 0 radical (unpaired) electrons. The van der Waals surface area contributed by atoms with E-state index >= 15 is 0 Å². The zero-order chi connectivity index (χ0) is 7.68. The lowest BCUT2D eigenvalue weighted by molar-refractivity contribution is 0.632. The fraction of sp³-hybridized carbons (Fsp3) is 0.571. The summed E-state index contributed by atoms with van der Waals surface area (Å²) >= 11 is 3.44. The smallest absolute Gasteiger partial charge is 0.0851 e. The van der Waals surface area contributed by atoms with Gasteiger partial charge in [-0.15, -0.1) is 11.8 Å². The second kappa shape index (κ2) is 3.13. The first-order valence-corrected chi connectivity index (χ1v) is 5.64. The summed E-state index contributed by atoms with van der Waals surface area (Å²) < 4.78 is 5.79. The molecule has 1 aromatic rings. The lowest BCUT2D eigenvalue weighted by atomic mass is 10.1. The Balaban J connectivity index is 2.38. The van der Waals surface area contributed by atoms with Gasteiger partial charge in [0.25, 0.3) is 0 Å². The van der Waals surface area contributed by atoms with Crippen molar-refractivity contribution in [2.24, 2.45) is 0 Å². The first-order valence-electron chi connectivity index (χ1n) is 3.64. The molecule has 11 heavy (non-hydrogen) atoms. The van der Waals surface area contributed by atoms with Crippen molar-refractivity contribution in [3.8, 4) is 0 Å². The number of nitrogens with zero attached hydrogens (tertiary/aromatic N) is 1. The van der Waals surface area contributed by atoms with Crippen molar-refractivity contribution >= 4 is 23.3 Å². The van der Waals surface area contributed by atoms with Gasteiger partial charge in [-0.3, -0.25) is 0 Å². The Kier molecular flexibility index (Phi) is 2.16. The second-order valence-electron chi connectivity index (χ2n) is 2.53. The van der Waals surface area contributed by atoms with Gasteiger partial charge in [0.05, 0.1) is 9.90 Å². The fourth-order valence-electron chi connectivity index (χ4n) is 1.28. The van der Waals surface area contributed by atoms with Crippen LogP contribution in [0.3, 0.4) is 0 Å². The Labute approximate surface area is 74.6 Å². The summed E-state index contributed by atoms with van der Waals surface area (Å²) in [7, 11) is 0. The van der Waals surface area contributed by atoms with Gasteiger partial charge in [-0.25, -0.2) is 0 Å². The predicted molar refractivity (Wildman–Crippen MR) is 49.3 cm³/mol. The highest BCUT2D eigenvalue weighted by atomic mass is 32.2. The number of hydrogen-bond donors (Lipinski definition) is 1. The third-order valence-corrected chi connectivity index (χ3v) is 3.92. The molecule has 60 valence electrons. The van der Waals surface area contributed by atoms with Crippen molar-refractivity contribution in [3.63, 3.8) is 0 Å². The average molecular weight is 186 g/mol. The van der Waals surface area contributed by atoms with Crippen LogP contribution < -0.4 is 5.32 Å². The van der Waals surface area contributed by atoms with Crippen LogP contribution in [0.5, 0.6) is 0 Å². The highest BCUT2D eigenvalue weighted by molar-refractivity contribution is 8.00. The molecule has 0 bridgehead atoms. The van der Waals surface area contributed by atoms with E-state index < -0.39 is 0 Å². The first kappa shape index (κ1) is 7.58. The molecule has 0 unspecified atom stereocenters. The molecule has 0 amide bonds. The van der Waals surface area contributed by atoms with Gasteiger partial charge in [0.15, 0.2) is 0 Å². The van der Waals surface area contributed by atoms with E-state index in [1.54, 1.807) is 23.3 Å². The molecule has 0 saturated heterocycles. The normalized spacial score (nSPS) is 16.5. The van der Waals surface area contributed by atoms with Crippen LogP contribution in [-0.2, 0) is 13.0 Å². The molecule has 1 N–H and O–H groups in total. The number of rotatable bonds is 1. The minimum Gasteiger partial charge on any atom is -0.312 e. The van der Waals surface area contributed by atoms with Gasteiger partial charge in [-0.05, 0) is 17.8 Å². The zero-order valence-corrected chi connectivity index (χ0v) is 8.02. The van der Waals surface area contributed by atoms with Crippen LogP contribution in [0.1, 0.15) is 11.3 Å². The fourth-order valence-corrected chi connectivity index (χ4v) is 2.82. The molecule has 2 nitrogen and oxygen atoms in total. The molecule has 0 spiro atoms. The SMILES string of the molecule is CSc1snc2c1CNCC2. The molecule has 2 rings (SSSR count). The van der Waals surface area contributed by atoms with Gasteiger partial charge >= 0.3 is 0 Å². The third kappa shape index (κ3) is 1.30. The first-order chi connectivity index (χ1) is 5.42. The Bertz CT molecular complexity index is 243. The standard InChI is InChI=1S/C7H10N2S2/c1-10-7-5-4-8-3-2-6(5)9-11-7/h8H,2-4H2,1H3. The maximum atomic E-state index is 4.41. The molecular weight excluding hydrogens is 176 g/mol. The van der Waals surface area contributed by atoms with Crippen molar-refractivity contribution < 1.29 is 0 Å². The van der Waals surface area contributed by atoms with Crippen LogP contribution in [-0.4, -0.2) is 17.2 Å². The Morgan fingerprint density at radius 3 is 3.36 bits per heavy atom. The minimum absolute atomic E-state index is 1.02. The van der Waals surface area contributed by atoms with E-state index in [-0.39, 0.29) is 0 Å². The highest BCUT2D eigenvalue weighted by Gasteiger charge is 2.15. The van der Waals surface area contributed by atoms with Crippen molar-refractivity contribution in [2.75, 3.05) is 12.8 Å². The molecule has 1 aliphatic rings. The lowest BCUT2D eigenvalue weighted by Crippen LogP contribution is -2.23. The van der Waals surface area contributed by atoms with E-state index in [1.807, 2.05) is 0 Å². The van der Waals surface area contributed by atoms with Crippen molar-refractivity contribution in [1.82, 2.24) is 9.69 Å². The van der Waals surface area contributed by atoms with E-state index in [1.165, 1.54) is 15.5 Å². The number of nitrogens with one attached hydrogen (secondary N) is 1. The van der Waals surface area contributed by atoms with Gasteiger partial charge in [-0.2, -0.15) is 4.37 Å². The summed E-state index contributed by atoms with van der Waals surface area (Å²) in [5, 5.41) is 3.36. The van der Waals surface area contributed by atoms with Gasteiger partial charge in [0.1, 0.15) is 0 Å². The largest absolute Gasteiger partial charge is 0.312 e. The van der Waals surface area contributed by atoms with Crippen LogP contribution >= 0.6 is 23.3 Å². The van der Waals surface area contributed by atoms with Gasteiger partial charge < -0.3 is 5.32 Å². The van der Waals surface area contributed by atoms with Crippen molar-refractivity contribution in [2.45, 2.75) is 17.2 Å². The molecule has 1 aliphatic heterocycles. The van der Waals surface area contributed by atoms with Crippen LogP contribution in [0.4, 0.5) is 0 Å². The summed E-state index contributed by atoms with van der Waals surface area (Å²) in [6, 6.07) is 0. The highest BCUT2D eigenvalue weighted by Crippen LogP contribution is 2.29. The predicted octanol–water partition coefficient (Wildman–Crippen LogP) is 1.51. The molecule has 0 saturated carbocycles. The molecule has 0 atom stereocenters. The third-order valence-electron chi connectivity index (χ3n) is 1.86. The molecule has 0 aliphatic carbocycles. The van der Waals surface area contributed by atoms with Crippen LogP contribution in [0.2, 0.25) is 0 Å². The molecule has 0 aromatic carbocycles. The van der Waals surface area contributed by atoms with Crippen molar-refractivity contribution in [3.05, 3.63) is 11.3 Å². The van der Waals surface area contributed by atoms with E-state index in [2.05, 4.69) is 15.9 Å². The van der Waals surface area contributed by atoms with Gasteiger partial charge in [-0.1, -0.05) is 0 Å². The van der Waals surface area contributed by atoms with Crippen LogP contribution in [0.25, 0.3) is 0 Å². The van der Waals surface area contributed by atoms with Crippen LogP contribution in [0.15, 0.2) is 4.21 Å². The Morgan fingerprint density at radius 2 is 2.55 bits per heavy atom. The number of fused-ring (bicyclic) bond motifs is 1. The average Bonchev–Trinajstić information content (AvgIpc) is 2.47. The molecule has 1 aromatic heterocycles. The Hall–Kier alpha value is -0.0600. The van der Waals surface area contributed by atoms with E-state index in [4.69, 9.17) is 0 Å². The van der Waals surface area contributed by atoms with E-state index in [0.29, 0.717) is 0 Å². The number of aromatic nitrogens is 1. The molecule has 0 fully saturated rings. The van der Waals surface area contributed by atoms with Crippen LogP contribution in [0, 0.1) is 0 Å². The lowest BCUT2D eigenvalue weighted by Gasteiger charge is -2.11. The summed E-state index contributed by atoms with van der Waals surface area (Å²) in [5.74, 6) is 0. The summed E-state index contributed by atoms with van der Waals surface area (Å²) in [4.78, 5) is 0. The maximum absolute atomic E-state index is 4.41. The van der Waals surface area contributed by atoms with E-state index in [0.717, 1.165) is 19.5 Å². The summed E-state index contributed by atoms with van der Waals surface area (Å²) in [6.07, 6.45) is 3.22. The summed E-state index contributed by atoms with van der Waals surface area (Å²) in [5.41, 5.74) is 2.76. The molecule has 4 heteroatoms. The molecular formula is C7H10N2S2. The maximum Gasteiger partial charge on any atom is 0.0851 e. The van der Waals surface area contributed by atoms with Crippen molar-refractivity contribution in [1.29, 1.82) is 0 Å². The van der Waals surface area contributed by atoms with Gasteiger partial charge in [0, 0.05) is 25.1 Å². The summed E-state index contributed by atoms with van der Waals surface area (Å²) in [6.45, 7) is 2.10. The zero-order valence-electron chi connectivity index (χ0n) is 6.39. The number of thioether (sulfide) groups is 1.